The van der Waals surface area contributed by atoms with Crippen molar-refractivity contribution in [3.8, 4) is 11.3 Å². The van der Waals surface area contributed by atoms with Crippen LogP contribution in [0.25, 0.3) is 11.3 Å². The van der Waals surface area contributed by atoms with Crippen molar-refractivity contribution in [2.45, 2.75) is 32.7 Å². The fraction of sp³-hybridized carbons (Fsp3) is 0.261. The van der Waals surface area contributed by atoms with Gasteiger partial charge in [-0.3, -0.25) is 9.59 Å². The van der Waals surface area contributed by atoms with E-state index in [1.807, 2.05) is 56.3 Å². The molecule has 4 rings (SSSR count). The number of fused-ring (bicyclic) bond motifs is 1. The van der Waals surface area contributed by atoms with Gasteiger partial charge in [-0.2, -0.15) is 0 Å². The molecule has 0 radical (unpaired) electrons. The highest BCUT2D eigenvalue weighted by Gasteiger charge is 2.24. The van der Waals surface area contributed by atoms with Gasteiger partial charge in [-0.1, -0.05) is 37.3 Å². The van der Waals surface area contributed by atoms with Crippen LogP contribution in [0.3, 0.4) is 0 Å². The molecule has 1 aliphatic rings. The monoisotopic (exact) mass is 388 g/mol. The summed E-state index contributed by atoms with van der Waals surface area (Å²) in [6, 6.07) is 15.2. The fourth-order valence-corrected chi connectivity index (χ4v) is 3.66. The van der Waals surface area contributed by atoms with Crippen LogP contribution in [0.4, 0.5) is 5.69 Å². The van der Waals surface area contributed by atoms with E-state index in [-0.39, 0.29) is 17.9 Å². The number of anilines is 1. The number of imidazole rings is 1. The maximum absolute atomic E-state index is 12.7. The molecule has 0 fully saturated rings. The Hall–Kier alpha value is -3.41. The summed E-state index contributed by atoms with van der Waals surface area (Å²) in [5, 5.41) is 3.00. The number of benzene rings is 2. The molecule has 29 heavy (non-hydrogen) atoms. The Balaban J connectivity index is 1.46. The number of nitrogens with one attached hydrogen (secondary N) is 2. The minimum absolute atomic E-state index is 0.113. The Morgan fingerprint density at radius 3 is 2.76 bits per heavy atom. The summed E-state index contributed by atoms with van der Waals surface area (Å²) in [5.41, 5.74) is 4.52. The molecule has 1 atom stereocenters. The van der Waals surface area contributed by atoms with Crippen LogP contribution in [0.1, 0.15) is 48.1 Å². The molecule has 0 bridgehead atoms. The summed E-state index contributed by atoms with van der Waals surface area (Å²) in [4.78, 5) is 34.3. The van der Waals surface area contributed by atoms with Crippen LogP contribution in [0.5, 0.6) is 0 Å². The second-order valence-electron chi connectivity index (χ2n) is 7.24. The van der Waals surface area contributed by atoms with E-state index in [1.165, 1.54) is 0 Å². The molecule has 148 valence electrons. The highest BCUT2D eigenvalue weighted by atomic mass is 16.2. The third-order valence-corrected chi connectivity index (χ3v) is 5.28. The minimum Gasteiger partial charge on any atom is -0.342 e. The molecule has 0 saturated carbocycles. The Kier molecular flexibility index (Phi) is 5.16. The molecule has 1 unspecified atom stereocenters. The summed E-state index contributed by atoms with van der Waals surface area (Å²) in [6.45, 7) is 4.44. The maximum atomic E-state index is 12.7. The third-order valence-electron chi connectivity index (χ3n) is 5.28. The van der Waals surface area contributed by atoms with Crippen molar-refractivity contribution in [1.29, 1.82) is 0 Å². The van der Waals surface area contributed by atoms with Gasteiger partial charge in [-0.25, -0.2) is 4.98 Å². The molecule has 0 aliphatic carbocycles. The number of rotatable bonds is 5. The largest absolute Gasteiger partial charge is 0.342 e. The van der Waals surface area contributed by atoms with E-state index >= 15 is 0 Å². The van der Waals surface area contributed by atoms with Crippen molar-refractivity contribution in [2.24, 2.45) is 0 Å². The lowest BCUT2D eigenvalue weighted by atomic mass is 10.1. The first-order chi connectivity index (χ1) is 14.1. The highest BCUT2D eigenvalue weighted by Crippen LogP contribution is 2.29. The topological polar surface area (TPSA) is 78.1 Å². The molecular weight excluding hydrogens is 364 g/mol. The van der Waals surface area contributed by atoms with Crippen molar-refractivity contribution < 1.29 is 9.59 Å². The van der Waals surface area contributed by atoms with Crippen LogP contribution in [0.15, 0.2) is 54.7 Å². The van der Waals surface area contributed by atoms with Gasteiger partial charge in [0.1, 0.15) is 5.82 Å². The standard InChI is InChI=1S/C23H24N4O2/c1-3-21(28)27-12-11-17-13-18(9-10-20(17)27)23(29)25-15(2)22-24-14-19(26-22)16-7-5-4-6-8-16/h4-10,13-15H,3,11-12H2,1-2H3,(H,24,26)(H,25,29). The predicted molar refractivity (Wildman–Crippen MR) is 113 cm³/mol. The second-order valence-corrected chi connectivity index (χ2v) is 7.24. The maximum Gasteiger partial charge on any atom is 0.251 e. The molecule has 2 heterocycles. The van der Waals surface area contributed by atoms with E-state index in [4.69, 9.17) is 0 Å². The number of nitrogens with zero attached hydrogens (tertiary/aromatic N) is 2. The van der Waals surface area contributed by atoms with Gasteiger partial charge in [0.25, 0.3) is 5.91 Å². The number of hydrogen-bond donors (Lipinski definition) is 2. The molecule has 0 saturated heterocycles. The molecule has 1 aromatic heterocycles. The van der Waals surface area contributed by atoms with Crippen LogP contribution in [-0.4, -0.2) is 28.3 Å². The van der Waals surface area contributed by atoms with E-state index < -0.39 is 0 Å². The number of aromatic amines is 1. The molecule has 1 aliphatic heterocycles. The highest BCUT2D eigenvalue weighted by molar-refractivity contribution is 5.98. The van der Waals surface area contributed by atoms with Crippen molar-refractivity contribution in [1.82, 2.24) is 15.3 Å². The molecular formula is C23H24N4O2. The Bertz CT molecular complexity index is 1040. The van der Waals surface area contributed by atoms with Crippen molar-refractivity contribution in [3.63, 3.8) is 0 Å². The van der Waals surface area contributed by atoms with Crippen molar-refractivity contribution in [2.75, 3.05) is 11.4 Å². The molecule has 6 nitrogen and oxygen atoms in total. The first kappa shape index (κ1) is 18.9. The minimum atomic E-state index is -0.258. The van der Waals surface area contributed by atoms with E-state index in [0.29, 0.717) is 24.4 Å². The quantitative estimate of drug-likeness (QED) is 0.696. The number of H-pyrrole nitrogens is 1. The van der Waals surface area contributed by atoms with Crippen molar-refractivity contribution >= 4 is 17.5 Å². The van der Waals surface area contributed by atoms with E-state index in [9.17, 15) is 9.59 Å². The van der Waals surface area contributed by atoms with Gasteiger partial charge in [-0.15, -0.1) is 0 Å². The average molecular weight is 388 g/mol. The lowest BCUT2D eigenvalue weighted by molar-refractivity contribution is -0.118. The second kappa shape index (κ2) is 7.91. The van der Waals surface area contributed by atoms with Crippen LogP contribution in [0.2, 0.25) is 0 Å². The van der Waals surface area contributed by atoms with E-state index in [1.54, 1.807) is 17.2 Å². The molecule has 0 spiro atoms. The average Bonchev–Trinajstić information content (AvgIpc) is 3.41. The van der Waals surface area contributed by atoms with Crippen molar-refractivity contribution in [3.05, 3.63) is 71.7 Å². The van der Waals surface area contributed by atoms with Crippen LogP contribution >= 0.6 is 0 Å². The summed E-state index contributed by atoms with van der Waals surface area (Å²) >= 11 is 0. The summed E-state index contributed by atoms with van der Waals surface area (Å²) in [5.74, 6) is 0.665. The van der Waals surface area contributed by atoms with Gasteiger partial charge >= 0.3 is 0 Å². The van der Waals surface area contributed by atoms with Gasteiger partial charge < -0.3 is 15.2 Å². The zero-order valence-electron chi connectivity index (χ0n) is 16.6. The number of amides is 2. The van der Waals surface area contributed by atoms with Gasteiger partial charge in [0.2, 0.25) is 5.91 Å². The SMILES string of the molecule is CCC(=O)N1CCc2cc(C(=O)NC(C)c3ncc(-c4ccccc4)[nH]3)ccc21. The summed E-state index contributed by atoms with van der Waals surface area (Å²) in [6.07, 6.45) is 3.03. The zero-order chi connectivity index (χ0) is 20.4. The predicted octanol–water partition coefficient (Wildman–Crippen LogP) is 3.87. The molecule has 6 heteroatoms. The van der Waals surface area contributed by atoms with Crippen LogP contribution in [0, 0.1) is 0 Å². The van der Waals surface area contributed by atoms with Gasteiger partial charge in [0, 0.05) is 24.2 Å². The number of hydrogen-bond acceptors (Lipinski definition) is 3. The Morgan fingerprint density at radius 2 is 2.00 bits per heavy atom. The zero-order valence-corrected chi connectivity index (χ0v) is 16.6. The van der Waals surface area contributed by atoms with Crippen LogP contribution < -0.4 is 10.2 Å². The van der Waals surface area contributed by atoms with Gasteiger partial charge in [0.05, 0.1) is 17.9 Å². The normalized spacial score (nSPS) is 13.8. The lowest BCUT2D eigenvalue weighted by Gasteiger charge is -2.17. The lowest BCUT2D eigenvalue weighted by Crippen LogP contribution is -2.28. The molecule has 2 amide bonds. The third kappa shape index (κ3) is 3.78. The van der Waals surface area contributed by atoms with Crippen LogP contribution in [-0.2, 0) is 11.2 Å². The Morgan fingerprint density at radius 1 is 1.21 bits per heavy atom. The van der Waals surface area contributed by atoms with E-state index in [2.05, 4.69) is 15.3 Å². The molecule has 3 aromatic rings. The first-order valence-electron chi connectivity index (χ1n) is 9.91. The summed E-state index contributed by atoms with van der Waals surface area (Å²) in [7, 11) is 0. The molecule has 2 N–H and O–H groups in total. The van der Waals surface area contributed by atoms with E-state index in [0.717, 1.165) is 28.9 Å². The first-order valence-corrected chi connectivity index (χ1v) is 9.91. The smallest absolute Gasteiger partial charge is 0.251 e. The molecule has 2 aromatic carbocycles. The summed E-state index contributed by atoms with van der Waals surface area (Å²) < 4.78 is 0. The number of aromatic nitrogens is 2. The Labute approximate surface area is 170 Å². The van der Waals surface area contributed by atoms with Gasteiger partial charge in [0.15, 0.2) is 0 Å². The fourth-order valence-electron chi connectivity index (χ4n) is 3.66. The number of carbonyl (C=O) groups is 2. The van der Waals surface area contributed by atoms with Gasteiger partial charge in [-0.05, 0) is 42.7 Å². The number of carbonyl (C=O) groups excluding carboxylic acids is 2.